The van der Waals surface area contributed by atoms with E-state index in [2.05, 4.69) is 5.10 Å². The highest BCUT2D eigenvalue weighted by Crippen LogP contribution is 2.33. The first kappa shape index (κ1) is 11.3. The number of anilines is 1. The maximum Gasteiger partial charge on any atom is 0.158 e. The van der Waals surface area contributed by atoms with Gasteiger partial charge < -0.3 is 5.73 Å². The molecule has 1 saturated carbocycles. The summed E-state index contributed by atoms with van der Waals surface area (Å²) >= 11 is 0. The van der Waals surface area contributed by atoms with Crippen LogP contribution in [0, 0.1) is 0 Å². The topological polar surface area (TPSA) is 56.7 Å². The van der Waals surface area contributed by atoms with Gasteiger partial charge in [-0.2, -0.15) is 5.10 Å². The molecule has 18 heavy (non-hydrogen) atoms. The normalized spacial score (nSPS) is 16.3. The SMILES string of the molecule is Cn1nc(C2CCCC2)nc1-c1cccc(N)c1. The van der Waals surface area contributed by atoms with Crippen molar-refractivity contribution >= 4 is 5.69 Å². The molecule has 1 heterocycles. The van der Waals surface area contributed by atoms with E-state index in [4.69, 9.17) is 10.7 Å². The van der Waals surface area contributed by atoms with E-state index in [1.165, 1.54) is 25.7 Å². The summed E-state index contributed by atoms with van der Waals surface area (Å²) in [5, 5.41) is 4.56. The zero-order valence-electron chi connectivity index (χ0n) is 10.6. The number of nitrogens with zero attached hydrogens (tertiary/aromatic N) is 3. The molecule has 1 aromatic carbocycles. The maximum absolute atomic E-state index is 5.82. The van der Waals surface area contributed by atoms with Gasteiger partial charge in [0.25, 0.3) is 0 Å². The van der Waals surface area contributed by atoms with Gasteiger partial charge >= 0.3 is 0 Å². The molecule has 1 aliphatic rings. The summed E-state index contributed by atoms with van der Waals surface area (Å²) in [5.41, 5.74) is 7.62. The lowest BCUT2D eigenvalue weighted by Crippen LogP contribution is -1.97. The fraction of sp³-hybridized carbons (Fsp3) is 0.429. The fourth-order valence-corrected chi connectivity index (χ4v) is 2.69. The van der Waals surface area contributed by atoms with Crippen LogP contribution in [0.15, 0.2) is 24.3 Å². The Hall–Kier alpha value is -1.84. The number of benzene rings is 1. The summed E-state index contributed by atoms with van der Waals surface area (Å²) in [6, 6.07) is 7.81. The van der Waals surface area contributed by atoms with Crippen molar-refractivity contribution in [3.8, 4) is 11.4 Å². The van der Waals surface area contributed by atoms with E-state index in [0.717, 1.165) is 22.9 Å². The third kappa shape index (κ3) is 1.98. The number of hydrogen-bond acceptors (Lipinski definition) is 3. The molecular weight excluding hydrogens is 224 g/mol. The number of rotatable bonds is 2. The molecule has 1 aliphatic carbocycles. The van der Waals surface area contributed by atoms with Gasteiger partial charge in [-0.3, -0.25) is 0 Å². The molecule has 2 aromatic rings. The van der Waals surface area contributed by atoms with Gasteiger partial charge in [-0.25, -0.2) is 9.67 Å². The van der Waals surface area contributed by atoms with Crippen LogP contribution in [0.2, 0.25) is 0 Å². The minimum absolute atomic E-state index is 0.547. The molecule has 0 amide bonds. The molecule has 0 atom stereocenters. The molecule has 0 spiro atoms. The second kappa shape index (κ2) is 4.44. The first-order chi connectivity index (χ1) is 8.74. The van der Waals surface area contributed by atoms with Crippen molar-refractivity contribution in [2.45, 2.75) is 31.6 Å². The minimum Gasteiger partial charge on any atom is -0.399 e. The number of hydrogen-bond donors (Lipinski definition) is 1. The number of nitrogen functional groups attached to an aromatic ring is 1. The highest BCUT2D eigenvalue weighted by molar-refractivity contribution is 5.61. The Bertz CT molecular complexity index is 553. The molecular formula is C14H18N4. The van der Waals surface area contributed by atoms with Gasteiger partial charge in [0.15, 0.2) is 11.6 Å². The summed E-state index contributed by atoms with van der Waals surface area (Å²) in [4.78, 5) is 4.70. The Morgan fingerprint density at radius 3 is 2.78 bits per heavy atom. The predicted molar refractivity (Wildman–Crippen MR) is 72.1 cm³/mol. The lowest BCUT2D eigenvalue weighted by Gasteiger charge is -2.01. The third-order valence-electron chi connectivity index (χ3n) is 3.64. The van der Waals surface area contributed by atoms with Crippen molar-refractivity contribution in [2.75, 3.05) is 5.73 Å². The lowest BCUT2D eigenvalue weighted by molar-refractivity contribution is 0.648. The largest absolute Gasteiger partial charge is 0.399 e. The van der Waals surface area contributed by atoms with Crippen LogP contribution in [0.5, 0.6) is 0 Å². The highest BCUT2D eigenvalue weighted by atomic mass is 15.3. The van der Waals surface area contributed by atoms with Crippen molar-refractivity contribution in [2.24, 2.45) is 7.05 Å². The molecule has 0 aliphatic heterocycles. The molecule has 1 fully saturated rings. The van der Waals surface area contributed by atoms with Crippen LogP contribution in [0.4, 0.5) is 5.69 Å². The van der Waals surface area contributed by atoms with Crippen molar-refractivity contribution in [3.63, 3.8) is 0 Å². The minimum atomic E-state index is 0.547. The summed E-state index contributed by atoms with van der Waals surface area (Å²) in [7, 11) is 1.95. The molecule has 0 radical (unpaired) electrons. The van der Waals surface area contributed by atoms with Crippen LogP contribution in [-0.4, -0.2) is 14.8 Å². The van der Waals surface area contributed by atoms with Gasteiger partial charge in [0.05, 0.1) is 0 Å². The van der Waals surface area contributed by atoms with E-state index in [1.54, 1.807) is 0 Å². The Balaban J connectivity index is 1.97. The lowest BCUT2D eigenvalue weighted by atomic mass is 10.1. The van der Waals surface area contributed by atoms with Crippen LogP contribution in [0.3, 0.4) is 0 Å². The third-order valence-corrected chi connectivity index (χ3v) is 3.64. The quantitative estimate of drug-likeness (QED) is 0.824. The van der Waals surface area contributed by atoms with Crippen LogP contribution in [-0.2, 0) is 7.05 Å². The van der Waals surface area contributed by atoms with Gasteiger partial charge in [-0.1, -0.05) is 25.0 Å². The molecule has 4 heteroatoms. The van der Waals surface area contributed by atoms with Gasteiger partial charge in [-0.05, 0) is 25.0 Å². The Labute approximate surface area is 107 Å². The first-order valence-electron chi connectivity index (χ1n) is 6.51. The smallest absolute Gasteiger partial charge is 0.158 e. The van der Waals surface area contributed by atoms with Crippen molar-refractivity contribution < 1.29 is 0 Å². The number of aryl methyl sites for hydroxylation is 1. The zero-order chi connectivity index (χ0) is 12.5. The highest BCUT2D eigenvalue weighted by Gasteiger charge is 2.22. The molecule has 0 bridgehead atoms. The molecule has 1 aromatic heterocycles. The van der Waals surface area contributed by atoms with Crippen molar-refractivity contribution in [1.82, 2.24) is 14.8 Å². The Morgan fingerprint density at radius 1 is 1.28 bits per heavy atom. The maximum atomic E-state index is 5.82. The summed E-state index contributed by atoms with van der Waals surface area (Å²) in [5.74, 6) is 2.45. The average molecular weight is 242 g/mol. The van der Waals surface area contributed by atoms with E-state index in [1.807, 2.05) is 36.0 Å². The second-order valence-corrected chi connectivity index (χ2v) is 5.02. The Morgan fingerprint density at radius 2 is 2.06 bits per heavy atom. The number of aromatic nitrogens is 3. The monoisotopic (exact) mass is 242 g/mol. The first-order valence-corrected chi connectivity index (χ1v) is 6.51. The Kier molecular flexibility index (Phi) is 2.78. The van der Waals surface area contributed by atoms with E-state index in [0.29, 0.717) is 5.92 Å². The van der Waals surface area contributed by atoms with E-state index >= 15 is 0 Å². The summed E-state index contributed by atoms with van der Waals surface area (Å²) < 4.78 is 1.86. The second-order valence-electron chi connectivity index (χ2n) is 5.02. The van der Waals surface area contributed by atoms with Crippen LogP contribution in [0.1, 0.15) is 37.4 Å². The molecule has 94 valence electrons. The van der Waals surface area contributed by atoms with Gasteiger partial charge in [0, 0.05) is 24.2 Å². The number of nitrogens with two attached hydrogens (primary N) is 1. The molecule has 0 saturated heterocycles. The summed E-state index contributed by atoms with van der Waals surface area (Å²) in [6.07, 6.45) is 5.05. The van der Waals surface area contributed by atoms with Crippen LogP contribution in [0.25, 0.3) is 11.4 Å². The average Bonchev–Trinajstić information content (AvgIpc) is 2.97. The predicted octanol–water partition coefficient (Wildman–Crippen LogP) is 2.72. The van der Waals surface area contributed by atoms with Gasteiger partial charge in [0.2, 0.25) is 0 Å². The van der Waals surface area contributed by atoms with E-state index in [9.17, 15) is 0 Å². The van der Waals surface area contributed by atoms with Crippen molar-refractivity contribution in [1.29, 1.82) is 0 Å². The van der Waals surface area contributed by atoms with E-state index < -0.39 is 0 Å². The molecule has 2 N–H and O–H groups in total. The summed E-state index contributed by atoms with van der Waals surface area (Å²) in [6.45, 7) is 0. The van der Waals surface area contributed by atoms with E-state index in [-0.39, 0.29) is 0 Å². The van der Waals surface area contributed by atoms with Crippen LogP contribution < -0.4 is 5.73 Å². The molecule has 3 rings (SSSR count). The standard InChI is InChI=1S/C14H18N4/c1-18-14(11-7-4-8-12(15)9-11)16-13(17-18)10-5-2-3-6-10/h4,7-10H,2-3,5-6,15H2,1H3. The zero-order valence-corrected chi connectivity index (χ0v) is 10.6. The van der Waals surface area contributed by atoms with Crippen LogP contribution >= 0.6 is 0 Å². The molecule has 4 nitrogen and oxygen atoms in total. The van der Waals surface area contributed by atoms with Gasteiger partial charge in [-0.15, -0.1) is 0 Å². The van der Waals surface area contributed by atoms with Crippen molar-refractivity contribution in [3.05, 3.63) is 30.1 Å². The molecule has 0 unspecified atom stereocenters. The van der Waals surface area contributed by atoms with Gasteiger partial charge in [0.1, 0.15) is 0 Å². The fourth-order valence-electron chi connectivity index (χ4n) is 2.69.